The zero-order valence-corrected chi connectivity index (χ0v) is 20.8. The van der Waals surface area contributed by atoms with Gasteiger partial charge in [-0.1, -0.05) is 32.0 Å². The second-order valence-electron chi connectivity index (χ2n) is 12.0. The molecule has 4 aliphatic carbocycles. The van der Waals surface area contributed by atoms with Crippen molar-refractivity contribution in [1.82, 2.24) is 4.31 Å². The van der Waals surface area contributed by atoms with Crippen LogP contribution >= 0.6 is 11.9 Å². The van der Waals surface area contributed by atoms with Gasteiger partial charge in [-0.15, -0.1) is 0 Å². The second kappa shape index (κ2) is 7.77. The van der Waals surface area contributed by atoms with Crippen molar-refractivity contribution in [3.05, 3.63) is 29.8 Å². The number of amides is 1. The molecule has 5 aliphatic rings. The highest BCUT2D eigenvalue weighted by molar-refractivity contribution is 7.97. The molecule has 0 aromatic heterocycles. The van der Waals surface area contributed by atoms with Gasteiger partial charge < -0.3 is 4.74 Å². The fraction of sp³-hybridized carbons (Fsp3) is 0.750. The summed E-state index contributed by atoms with van der Waals surface area (Å²) in [5.74, 6) is 2.74. The molecule has 0 spiro atoms. The van der Waals surface area contributed by atoms with Gasteiger partial charge >= 0.3 is 0 Å². The van der Waals surface area contributed by atoms with Crippen molar-refractivity contribution in [3.8, 4) is 0 Å². The van der Waals surface area contributed by atoms with Crippen molar-refractivity contribution in [1.29, 1.82) is 0 Å². The third-order valence-corrected chi connectivity index (χ3v) is 11.6. The molecule has 0 bridgehead atoms. The van der Waals surface area contributed by atoms with Gasteiger partial charge in [-0.05, 0) is 117 Å². The lowest BCUT2D eigenvalue weighted by atomic mass is 9.47. The molecule has 5 fully saturated rings. The Kier molecular flexibility index (Phi) is 5.22. The van der Waals surface area contributed by atoms with Crippen LogP contribution in [0.3, 0.4) is 0 Å². The molecule has 1 heterocycles. The highest BCUT2D eigenvalue weighted by atomic mass is 32.2. The Balaban J connectivity index is 1.25. The topological polar surface area (TPSA) is 29.5 Å². The third-order valence-electron chi connectivity index (χ3n) is 10.3. The monoisotopic (exact) mass is 453 g/mol. The lowest BCUT2D eigenvalue weighted by Gasteiger charge is -2.61. The van der Waals surface area contributed by atoms with Crippen LogP contribution in [0, 0.1) is 35.5 Å². The minimum Gasteiger partial charge on any atom is -0.374 e. The maximum absolute atomic E-state index is 13.1. The maximum Gasteiger partial charge on any atom is 0.232 e. The summed E-state index contributed by atoms with van der Waals surface area (Å²) in [6.45, 7) is 7.27. The van der Waals surface area contributed by atoms with Gasteiger partial charge in [0.1, 0.15) is 0 Å². The van der Waals surface area contributed by atoms with Crippen molar-refractivity contribution < 1.29 is 9.53 Å². The molecule has 7 atom stereocenters. The number of hydrogen-bond acceptors (Lipinski definition) is 3. The van der Waals surface area contributed by atoms with Gasteiger partial charge in [0, 0.05) is 17.4 Å². The summed E-state index contributed by atoms with van der Waals surface area (Å²) < 4.78 is 8.77. The highest BCUT2D eigenvalue weighted by Crippen LogP contribution is 2.66. The highest BCUT2D eigenvalue weighted by Gasteiger charge is 2.62. The Hall–Kier alpha value is -1.00. The normalized spacial score (nSPS) is 43.5. The molecule has 4 heteroatoms. The van der Waals surface area contributed by atoms with Crippen LogP contribution in [-0.2, 0) is 9.53 Å². The van der Waals surface area contributed by atoms with E-state index in [0.717, 1.165) is 24.2 Å². The Morgan fingerprint density at radius 3 is 2.50 bits per heavy atom. The van der Waals surface area contributed by atoms with Gasteiger partial charge in [0.05, 0.1) is 12.2 Å². The van der Waals surface area contributed by atoms with Crippen molar-refractivity contribution in [3.63, 3.8) is 0 Å². The lowest BCUT2D eigenvalue weighted by molar-refractivity contribution is -0.153. The summed E-state index contributed by atoms with van der Waals surface area (Å²) >= 11 is 1.72. The first-order valence-corrected chi connectivity index (χ1v) is 13.9. The summed E-state index contributed by atoms with van der Waals surface area (Å²) in [4.78, 5) is 14.4. The van der Waals surface area contributed by atoms with Gasteiger partial charge in [-0.25, -0.2) is 0 Å². The van der Waals surface area contributed by atoms with Gasteiger partial charge in [0.25, 0.3) is 0 Å². The predicted molar refractivity (Wildman–Crippen MR) is 129 cm³/mol. The molecule has 0 N–H and O–H groups in total. The lowest BCUT2D eigenvalue weighted by Crippen LogP contribution is -2.60. The Morgan fingerprint density at radius 2 is 1.72 bits per heavy atom. The summed E-state index contributed by atoms with van der Waals surface area (Å²) in [6, 6.07) is 8.90. The first-order chi connectivity index (χ1) is 15.4. The van der Waals surface area contributed by atoms with Crippen LogP contribution in [0.4, 0.5) is 0 Å². The van der Waals surface area contributed by atoms with Crippen LogP contribution in [0.2, 0.25) is 0 Å². The van der Waals surface area contributed by atoms with Crippen LogP contribution in [0.5, 0.6) is 0 Å². The minimum absolute atomic E-state index is 0.253. The summed E-state index contributed by atoms with van der Waals surface area (Å²) in [6.07, 6.45) is 13.2. The molecule has 1 aromatic rings. The Morgan fingerprint density at radius 1 is 0.938 bits per heavy atom. The van der Waals surface area contributed by atoms with E-state index < -0.39 is 0 Å². The molecule has 6 rings (SSSR count). The quantitative estimate of drug-likeness (QED) is 0.470. The predicted octanol–water partition coefficient (Wildman–Crippen LogP) is 6.78. The summed E-state index contributed by atoms with van der Waals surface area (Å²) in [7, 11) is 0. The number of carbonyl (C=O) groups excluding carboxylic acids is 1. The van der Waals surface area contributed by atoms with Crippen molar-refractivity contribution in [2.75, 3.05) is 0 Å². The van der Waals surface area contributed by atoms with E-state index in [4.69, 9.17) is 4.74 Å². The smallest absolute Gasteiger partial charge is 0.232 e. The number of ether oxygens (including phenoxy) is 1. The van der Waals surface area contributed by atoms with E-state index in [-0.39, 0.29) is 5.41 Å². The number of fused-ring (bicyclic) bond motifs is 5. The van der Waals surface area contributed by atoms with Crippen LogP contribution in [0.1, 0.15) is 83.6 Å². The van der Waals surface area contributed by atoms with E-state index in [9.17, 15) is 4.79 Å². The van der Waals surface area contributed by atoms with Crippen LogP contribution in [0.25, 0.3) is 0 Å². The first kappa shape index (κ1) is 21.5. The minimum atomic E-state index is 0.253. The van der Waals surface area contributed by atoms with Crippen LogP contribution < -0.4 is 0 Å². The van der Waals surface area contributed by atoms with E-state index in [2.05, 4.69) is 49.3 Å². The Bertz CT molecular complexity index is 899. The molecule has 0 unspecified atom stereocenters. The molecule has 1 amide bonds. The molecule has 3 nitrogen and oxygen atoms in total. The largest absolute Gasteiger partial charge is 0.374 e. The van der Waals surface area contributed by atoms with E-state index in [0.29, 0.717) is 36.0 Å². The van der Waals surface area contributed by atoms with E-state index >= 15 is 0 Å². The Labute approximate surface area is 198 Å². The molecule has 174 valence electrons. The molecule has 1 aliphatic heterocycles. The molecule has 4 saturated carbocycles. The third kappa shape index (κ3) is 3.30. The number of carbonyl (C=O) groups is 1. The van der Waals surface area contributed by atoms with Gasteiger partial charge in [-0.3, -0.25) is 9.10 Å². The summed E-state index contributed by atoms with van der Waals surface area (Å²) in [5.41, 5.74) is 1.91. The standard InChI is InChI=1S/C28H39NO2S/c1-18-6-4-5-7-23(18)32-29-24-12-10-20-21-11-13-25(31-19-8-9-19)28(21,3)16-14-22(20)27(24,2)17-15-26(29)30/h4-7,19-22,24-25H,8-17H2,1-3H3/t20-,21-,22-,24+,25-,27+,28-/m0/s1. The average Bonchev–Trinajstić information content (AvgIpc) is 3.53. The number of piperidine rings is 1. The number of rotatable bonds is 4. The molecular weight excluding hydrogens is 414 g/mol. The maximum atomic E-state index is 13.1. The first-order valence-electron chi connectivity index (χ1n) is 13.1. The molecule has 1 saturated heterocycles. The van der Waals surface area contributed by atoms with Gasteiger partial charge in [0.15, 0.2) is 0 Å². The SMILES string of the molecule is Cc1ccccc1SN1C(=O)CC[C@]2(C)[C@H]3CC[C@]4(C)[C@@H](OC5CC5)CC[C@H]4[C@@H]3CC[C@@H]12. The molecule has 1 aromatic carbocycles. The number of nitrogens with zero attached hydrogens (tertiary/aromatic N) is 1. The van der Waals surface area contributed by atoms with Gasteiger partial charge in [-0.2, -0.15) is 0 Å². The number of aryl methyl sites for hydroxylation is 1. The summed E-state index contributed by atoms with van der Waals surface area (Å²) in [5, 5.41) is 0. The zero-order chi connectivity index (χ0) is 22.1. The fourth-order valence-electron chi connectivity index (χ4n) is 8.32. The molecular formula is C28H39NO2S. The average molecular weight is 454 g/mol. The van der Waals surface area contributed by atoms with Crippen molar-refractivity contribution in [2.45, 2.75) is 108 Å². The molecule has 32 heavy (non-hydrogen) atoms. The zero-order valence-electron chi connectivity index (χ0n) is 20.0. The number of hydrogen-bond donors (Lipinski definition) is 0. The van der Waals surface area contributed by atoms with Crippen molar-refractivity contribution >= 4 is 17.9 Å². The van der Waals surface area contributed by atoms with Gasteiger partial charge in [0.2, 0.25) is 5.91 Å². The van der Waals surface area contributed by atoms with E-state index in [1.165, 1.54) is 61.8 Å². The fourth-order valence-corrected chi connectivity index (χ4v) is 9.55. The van der Waals surface area contributed by atoms with E-state index in [1.54, 1.807) is 11.9 Å². The van der Waals surface area contributed by atoms with Crippen molar-refractivity contribution in [2.24, 2.45) is 28.6 Å². The molecule has 0 radical (unpaired) electrons. The second-order valence-corrected chi connectivity index (χ2v) is 13.0. The van der Waals surface area contributed by atoms with Crippen LogP contribution in [-0.4, -0.2) is 28.5 Å². The van der Waals surface area contributed by atoms with E-state index in [1.807, 2.05) is 0 Å². The number of benzene rings is 1. The van der Waals surface area contributed by atoms with Crippen LogP contribution in [0.15, 0.2) is 29.2 Å².